The SMILES string of the molecule is C[Si]1(C)c2ccccc2-c2c(-c3cccc4ccccc34)nc(-c3cccc(-c4cccc(-c5cc(-c6ccccc6)cc(-c6ccccc6)c5)c4)c3)nc21. The molecule has 0 spiro atoms. The van der Waals surface area contributed by atoms with Crippen molar-refractivity contribution in [2.24, 2.45) is 0 Å². The molecule has 2 heterocycles. The highest BCUT2D eigenvalue weighted by Crippen LogP contribution is 2.40. The van der Waals surface area contributed by atoms with Crippen molar-refractivity contribution < 1.29 is 0 Å². The van der Waals surface area contributed by atoms with Gasteiger partial charge in [-0.3, -0.25) is 0 Å². The number of hydrogen-bond acceptors (Lipinski definition) is 2. The third-order valence-electron chi connectivity index (χ3n) is 11.2. The van der Waals surface area contributed by atoms with Crippen LogP contribution in [0.15, 0.2) is 194 Å². The smallest absolute Gasteiger partial charge is 0.159 e. The summed E-state index contributed by atoms with van der Waals surface area (Å²) >= 11 is 0. The third kappa shape index (κ3) is 5.81. The van der Waals surface area contributed by atoms with E-state index in [0.717, 1.165) is 33.8 Å². The van der Waals surface area contributed by atoms with E-state index in [-0.39, 0.29) is 0 Å². The first-order chi connectivity index (χ1) is 27.0. The lowest BCUT2D eigenvalue weighted by atomic mass is 9.92. The van der Waals surface area contributed by atoms with E-state index in [2.05, 4.69) is 207 Å². The molecule has 0 amide bonds. The van der Waals surface area contributed by atoms with Gasteiger partial charge in [0.1, 0.15) is 8.07 Å². The Labute approximate surface area is 323 Å². The van der Waals surface area contributed by atoms with Gasteiger partial charge in [-0.25, -0.2) is 9.97 Å². The van der Waals surface area contributed by atoms with Crippen molar-refractivity contribution in [2.45, 2.75) is 13.1 Å². The predicted molar refractivity (Wildman–Crippen MR) is 234 cm³/mol. The summed E-state index contributed by atoms with van der Waals surface area (Å²) in [5.74, 6) is 0.774. The largest absolute Gasteiger partial charge is 0.237 e. The van der Waals surface area contributed by atoms with Crippen LogP contribution in [-0.4, -0.2) is 18.0 Å². The van der Waals surface area contributed by atoms with Crippen LogP contribution in [0.2, 0.25) is 13.1 Å². The van der Waals surface area contributed by atoms with Crippen molar-refractivity contribution in [2.75, 3.05) is 0 Å². The van der Waals surface area contributed by atoms with Crippen molar-refractivity contribution in [3.63, 3.8) is 0 Å². The lowest BCUT2D eigenvalue weighted by Gasteiger charge is -2.19. The second-order valence-corrected chi connectivity index (χ2v) is 19.3. The van der Waals surface area contributed by atoms with Crippen LogP contribution < -0.4 is 10.5 Å². The van der Waals surface area contributed by atoms with E-state index < -0.39 is 8.07 Å². The molecule has 0 bridgehead atoms. The molecular weight excluding hydrogens is 681 g/mol. The molecule has 1 aliphatic heterocycles. The second kappa shape index (κ2) is 13.3. The van der Waals surface area contributed by atoms with Crippen LogP contribution in [0.25, 0.3) is 89.1 Å². The predicted octanol–water partition coefficient (Wildman–Crippen LogP) is 12.4. The maximum atomic E-state index is 5.49. The Hall–Kier alpha value is -6.68. The first-order valence-electron chi connectivity index (χ1n) is 19.0. The van der Waals surface area contributed by atoms with Crippen LogP contribution in [0.3, 0.4) is 0 Å². The molecule has 1 aliphatic rings. The Kier molecular flexibility index (Phi) is 7.97. The average Bonchev–Trinajstić information content (AvgIpc) is 3.49. The summed E-state index contributed by atoms with van der Waals surface area (Å²) in [5, 5.41) is 5.05. The lowest BCUT2D eigenvalue weighted by molar-refractivity contribution is 1.21. The molecule has 10 rings (SSSR count). The third-order valence-corrected chi connectivity index (χ3v) is 14.5. The molecule has 0 saturated heterocycles. The van der Waals surface area contributed by atoms with Gasteiger partial charge in [-0.05, 0) is 96.4 Å². The summed E-state index contributed by atoms with van der Waals surface area (Å²) in [5.41, 5.74) is 15.1. The van der Waals surface area contributed by atoms with Crippen LogP contribution in [0.5, 0.6) is 0 Å². The van der Waals surface area contributed by atoms with Crippen LogP contribution >= 0.6 is 0 Å². The minimum absolute atomic E-state index is 0.774. The number of fused-ring (bicyclic) bond motifs is 4. The minimum Gasteiger partial charge on any atom is -0.237 e. The van der Waals surface area contributed by atoms with E-state index in [1.807, 2.05) is 0 Å². The lowest BCUT2D eigenvalue weighted by Crippen LogP contribution is -2.50. The fourth-order valence-electron chi connectivity index (χ4n) is 8.40. The molecule has 260 valence electrons. The molecule has 0 N–H and O–H groups in total. The zero-order chi connectivity index (χ0) is 36.9. The number of nitrogens with zero attached hydrogens (tertiary/aromatic N) is 2. The fourth-order valence-corrected chi connectivity index (χ4v) is 11.3. The van der Waals surface area contributed by atoms with Gasteiger partial charge in [-0.15, -0.1) is 0 Å². The van der Waals surface area contributed by atoms with Crippen molar-refractivity contribution in [3.8, 4) is 78.3 Å². The van der Waals surface area contributed by atoms with Crippen LogP contribution in [0, 0.1) is 0 Å². The number of rotatable bonds is 6. The van der Waals surface area contributed by atoms with Gasteiger partial charge < -0.3 is 0 Å². The summed E-state index contributed by atoms with van der Waals surface area (Å²) in [6.45, 7) is 4.86. The molecule has 0 aliphatic carbocycles. The standard InChI is InChI=1S/C52H38N2Si/c1-55(2)48-29-12-11-27-47(48)49-50(46-28-15-21-37-20-9-10-26-45(37)46)53-51(54-52(49)55)41-25-14-23-39(31-41)38-22-13-24-40(30-38)44-33-42(35-16-5-3-6-17-35)32-43(34-44)36-18-7-4-8-19-36/h3-34H,1-2H3. The van der Waals surface area contributed by atoms with Gasteiger partial charge in [0.05, 0.1) is 5.69 Å². The average molecular weight is 719 g/mol. The second-order valence-electron chi connectivity index (χ2n) is 15.0. The monoisotopic (exact) mass is 718 g/mol. The van der Waals surface area contributed by atoms with Crippen LogP contribution in [0.4, 0.5) is 0 Å². The Balaban J connectivity index is 1.10. The maximum absolute atomic E-state index is 5.49. The summed E-state index contributed by atoms with van der Waals surface area (Å²) in [4.78, 5) is 11.0. The zero-order valence-corrected chi connectivity index (χ0v) is 31.9. The first-order valence-corrected chi connectivity index (χ1v) is 22.0. The highest BCUT2D eigenvalue weighted by atomic mass is 28.3. The molecular formula is C52H38N2Si. The van der Waals surface area contributed by atoms with Crippen molar-refractivity contribution >= 4 is 29.4 Å². The van der Waals surface area contributed by atoms with Crippen molar-refractivity contribution in [3.05, 3.63) is 194 Å². The van der Waals surface area contributed by atoms with Gasteiger partial charge in [0.15, 0.2) is 5.82 Å². The quantitative estimate of drug-likeness (QED) is 0.160. The fraction of sp³-hybridized carbons (Fsp3) is 0.0385. The van der Waals surface area contributed by atoms with Crippen molar-refractivity contribution in [1.82, 2.24) is 9.97 Å². The van der Waals surface area contributed by atoms with E-state index in [9.17, 15) is 0 Å². The first kappa shape index (κ1) is 32.9. The van der Waals surface area contributed by atoms with E-state index in [1.165, 1.54) is 65.8 Å². The summed E-state index contributed by atoms with van der Waals surface area (Å²) in [6.07, 6.45) is 0. The van der Waals surface area contributed by atoms with Crippen LogP contribution in [-0.2, 0) is 0 Å². The minimum atomic E-state index is -2.11. The molecule has 0 saturated carbocycles. The molecule has 55 heavy (non-hydrogen) atoms. The van der Waals surface area contributed by atoms with Crippen molar-refractivity contribution in [1.29, 1.82) is 0 Å². The Morgan fingerprint density at radius 2 is 0.818 bits per heavy atom. The molecule has 8 aromatic carbocycles. The number of hydrogen-bond donors (Lipinski definition) is 0. The van der Waals surface area contributed by atoms with Gasteiger partial charge in [0.25, 0.3) is 0 Å². The summed E-state index contributed by atoms with van der Waals surface area (Å²) < 4.78 is 0. The molecule has 9 aromatic rings. The molecule has 2 nitrogen and oxygen atoms in total. The van der Waals surface area contributed by atoms with Gasteiger partial charge in [-0.2, -0.15) is 0 Å². The van der Waals surface area contributed by atoms with Gasteiger partial charge >= 0.3 is 0 Å². The molecule has 1 aromatic heterocycles. The maximum Gasteiger partial charge on any atom is 0.159 e. The summed E-state index contributed by atoms with van der Waals surface area (Å²) in [7, 11) is -2.11. The van der Waals surface area contributed by atoms with Gasteiger partial charge in [-0.1, -0.05) is 177 Å². The molecule has 0 radical (unpaired) electrons. The number of benzene rings is 8. The number of aromatic nitrogens is 2. The Bertz CT molecular complexity index is 2830. The van der Waals surface area contributed by atoms with E-state index in [4.69, 9.17) is 9.97 Å². The Morgan fingerprint density at radius 1 is 0.364 bits per heavy atom. The molecule has 0 atom stereocenters. The topological polar surface area (TPSA) is 25.8 Å². The zero-order valence-electron chi connectivity index (χ0n) is 30.9. The Morgan fingerprint density at radius 3 is 1.51 bits per heavy atom. The summed E-state index contributed by atoms with van der Waals surface area (Å²) in [6, 6.07) is 70.0. The highest BCUT2D eigenvalue weighted by Gasteiger charge is 2.41. The molecule has 0 fully saturated rings. The highest BCUT2D eigenvalue weighted by molar-refractivity contribution is 7.03. The molecule has 3 heteroatoms. The normalized spacial score (nSPS) is 12.7. The van der Waals surface area contributed by atoms with Gasteiger partial charge in [0.2, 0.25) is 0 Å². The van der Waals surface area contributed by atoms with E-state index in [0.29, 0.717) is 0 Å². The van der Waals surface area contributed by atoms with Gasteiger partial charge in [0, 0.05) is 22.0 Å². The van der Waals surface area contributed by atoms with E-state index in [1.54, 1.807) is 0 Å². The molecule has 0 unspecified atom stereocenters. The van der Waals surface area contributed by atoms with E-state index >= 15 is 0 Å². The van der Waals surface area contributed by atoms with Crippen LogP contribution in [0.1, 0.15) is 0 Å².